The topological polar surface area (TPSA) is 159 Å². The molecule has 220 valence electrons. The van der Waals surface area contributed by atoms with Crippen LogP contribution in [0, 0.1) is 0 Å². The number of rotatable bonds is 9. The Labute approximate surface area is 245 Å². The van der Waals surface area contributed by atoms with E-state index in [2.05, 4.69) is 25.6 Å². The Morgan fingerprint density at radius 1 is 1.00 bits per heavy atom. The highest BCUT2D eigenvalue weighted by atomic mass is 16.8. The normalized spacial score (nSPS) is 24.7. The summed E-state index contributed by atoms with van der Waals surface area (Å²) < 4.78 is 26.7. The number of carbonyl (C=O) groups excluding carboxylic acids is 1. The zero-order valence-electron chi connectivity index (χ0n) is 22.8. The van der Waals surface area contributed by atoms with Crippen molar-refractivity contribution in [3.05, 3.63) is 84.5 Å². The number of fused-ring (bicyclic) bond motifs is 2. The van der Waals surface area contributed by atoms with Crippen LogP contribution < -0.4 is 15.4 Å². The molecule has 0 spiro atoms. The summed E-state index contributed by atoms with van der Waals surface area (Å²) in [6.45, 7) is 0.0101. The predicted octanol–water partition coefficient (Wildman–Crippen LogP) is 3.61. The molecule has 3 aliphatic rings. The summed E-state index contributed by atoms with van der Waals surface area (Å²) in [5, 5.41) is 15.2. The first-order valence-electron chi connectivity index (χ1n) is 13.9. The molecule has 4 aromatic rings. The number of anilines is 1. The number of carboxylic acids is 1. The molecule has 3 fully saturated rings. The van der Waals surface area contributed by atoms with E-state index in [9.17, 15) is 14.7 Å². The summed E-state index contributed by atoms with van der Waals surface area (Å²) in [5.41, 5.74) is 1.87. The number of benzene rings is 2. The lowest BCUT2D eigenvalue weighted by Gasteiger charge is -2.21. The van der Waals surface area contributed by atoms with Gasteiger partial charge in [-0.25, -0.2) is 24.5 Å². The number of imidazole rings is 1. The molecule has 1 saturated carbocycles. The van der Waals surface area contributed by atoms with Crippen LogP contribution in [0.5, 0.6) is 5.75 Å². The van der Waals surface area contributed by atoms with Crippen LogP contribution in [-0.2, 0) is 14.2 Å². The van der Waals surface area contributed by atoms with Gasteiger partial charge in [0.15, 0.2) is 29.5 Å². The van der Waals surface area contributed by atoms with E-state index in [1.54, 1.807) is 29.1 Å². The molecule has 43 heavy (non-hydrogen) atoms. The second kappa shape index (κ2) is 11.4. The molecule has 3 N–H and O–H groups in total. The Bertz CT molecular complexity index is 1670. The quantitative estimate of drug-likeness (QED) is 0.265. The van der Waals surface area contributed by atoms with Crippen molar-refractivity contribution in [2.75, 3.05) is 11.9 Å². The van der Waals surface area contributed by atoms with Crippen molar-refractivity contribution in [3.8, 4) is 5.75 Å². The Balaban J connectivity index is 1.15. The van der Waals surface area contributed by atoms with E-state index in [0.29, 0.717) is 11.2 Å². The maximum Gasteiger partial charge on any atom is 0.339 e. The van der Waals surface area contributed by atoms with Crippen LogP contribution in [0.15, 0.2) is 73.3 Å². The highest BCUT2D eigenvalue weighted by Gasteiger charge is 2.53. The lowest BCUT2D eigenvalue weighted by molar-refractivity contribution is -0.131. The number of nitrogens with one attached hydrogen (secondary N) is 2. The summed E-state index contributed by atoms with van der Waals surface area (Å²) in [7, 11) is 0. The fourth-order valence-corrected chi connectivity index (χ4v) is 5.19. The van der Waals surface area contributed by atoms with Gasteiger partial charge in [0.05, 0.1) is 6.33 Å². The summed E-state index contributed by atoms with van der Waals surface area (Å²) in [4.78, 5) is 37.2. The van der Waals surface area contributed by atoms with Gasteiger partial charge in [-0.15, -0.1) is 0 Å². The van der Waals surface area contributed by atoms with Crippen molar-refractivity contribution in [2.24, 2.45) is 0 Å². The molecule has 0 bridgehead atoms. The number of urea groups is 1. The molecular formula is C30H28N6O7. The van der Waals surface area contributed by atoms with Gasteiger partial charge in [-0.05, 0) is 36.6 Å². The van der Waals surface area contributed by atoms with Gasteiger partial charge < -0.3 is 29.4 Å². The molecule has 4 unspecified atom stereocenters. The molecule has 1 aliphatic carbocycles. The molecule has 2 amide bonds. The number of aromatic carboxylic acids is 1. The molecular weight excluding hydrogens is 556 g/mol. The molecule has 2 saturated heterocycles. The fraction of sp³-hybridized carbons (Fsp3) is 0.300. The van der Waals surface area contributed by atoms with Crippen LogP contribution in [0.25, 0.3) is 17.2 Å². The van der Waals surface area contributed by atoms with Crippen LogP contribution in [0.2, 0.25) is 0 Å². The predicted molar refractivity (Wildman–Crippen MR) is 152 cm³/mol. The smallest absolute Gasteiger partial charge is 0.339 e. The number of carbonyl (C=O) groups is 2. The summed E-state index contributed by atoms with van der Waals surface area (Å²) in [5.74, 6) is -0.599. The molecule has 13 nitrogen and oxygen atoms in total. The summed E-state index contributed by atoms with van der Waals surface area (Å²) >= 11 is 0. The second-order valence-electron chi connectivity index (χ2n) is 10.4. The molecule has 5 atom stereocenters. The van der Waals surface area contributed by atoms with Gasteiger partial charge in [0.25, 0.3) is 0 Å². The van der Waals surface area contributed by atoms with Crippen molar-refractivity contribution >= 4 is 35.1 Å². The number of aromatic nitrogens is 4. The molecule has 13 heteroatoms. The van der Waals surface area contributed by atoms with Crippen molar-refractivity contribution < 1.29 is 33.6 Å². The van der Waals surface area contributed by atoms with Gasteiger partial charge in [-0.3, -0.25) is 9.88 Å². The van der Waals surface area contributed by atoms with Crippen LogP contribution >= 0.6 is 0 Å². The minimum atomic E-state index is -1.09. The molecule has 7 rings (SSSR count). The highest BCUT2D eigenvalue weighted by molar-refractivity contribution is 5.96. The lowest BCUT2D eigenvalue weighted by Crippen LogP contribution is -2.33. The lowest BCUT2D eigenvalue weighted by atomic mass is 10.1. The van der Waals surface area contributed by atoms with Gasteiger partial charge in [0.1, 0.15) is 42.6 Å². The van der Waals surface area contributed by atoms with E-state index in [1.165, 1.54) is 12.4 Å². The van der Waals surface area contributed by atoms with Crippen molar-refractivity contribution in [2.45, 2.75) is 49.7 Å². The minimum absolute atomic E-state index is 0.0101. The third-order valence-electron chi connectivity index (χ3n) is 7.41. The molecule has 2 aromatic heterocycles. The van der Waals surface area contributed by atoms with Crippen LogP contribution in [-0.4, -0.2) is 73.9 Å². The van der Waals surface area contributed by atoms with Crippen molar-refractivity contribution in [1.29, 1.82) is 0 Å². The minimum Gasteiger partial charge on any atom is -0.490 e. The molecule has 2 aromatic carbocycles. The number of carboxylic acid groups (broad SMARTS) is 1. The molecule has 0 radical (unpaired) electrons. The highest BCUT2D eigenvalue weighted by Crippen LogP contribution is 2.41. The van der Waals surface area contributed by atoms with Crippen LogP contribution in [0.4, 0.5) is 10.6 Å². The SMILES string of the molecule is O=C(Nc1ncnc2c1ncn2C1OC(COc2ccccc2C(=O)O)C2O[C@H](C=Cc3ccccc3)OC21)NC1CC1. The van der Waals surface area contributed by atoms with E-state index >= 15 is 0 Å². The Hall–Kier alpha value is -4.85. The average molecular weight is 585 g/mol. The van der Waals surface area contributed by atoms with Gasteiger partial charge in [0, 0.05) is 6.04 Å². The number of para-hydroxylation sites is 1. The Morgan fingerprint density at radius 3 is 2.60 bits per heavy atom. The zero-order chi connectivity index (χ0) is 29.3. The van der Waals surface area contributed by atoms with Gasteiger partial charge in [-0.2, -0.15) is 0 Å². The Kier molecular flexibility index (Phi) is 7.19. The standard InChI is InChI=1S/C30H28N6O7/c37-29(38)19-8-4-5-9-20(19)40-14-21-24-25(43-22(42-24)13-10-17-6-2-1-3-7-17)28(41-21)36-16-33-23-26(31-15-32-27(23)36)35-30(39)34-18-11-12-18/h1-10,13,15-16,18,21-22,24-25,28H,11-12,14H2,(H,37,38)(H2,31,32,34,35,39)/t21?,22-,24?,25?,28?/m0/s1. The average Bonchev–Trinajstić information content (AvgIpc) is 3.42. The maximum atomic E-state index is 12.4. The number of nitrogens with zero attached hydrogens (tertiary/aromatic N) is 4. The van der Waals surface area contributed by atoms with E-state index in [0.717, 1.165) is 18.4 Å². The number of amides is 2. The summed E-state index contributed by atoms with van der Waals surface area (Å²) in [6.07, 6.45) is 5.46. The second-order valence-corrected chi connectivity index (χ2v) is 10.4. The van der Waals surface area contributed by atoms with Gasteiger partial charge in [-0.1, -0.05) is 48.5 Å². The molecule has 4 heterocycles. The van der Waals surface area contributed by atoms with Crippen molar-refractivity contribution in [1.82, 2.24) is 24.8 Å². The largest absolute Gasteiger partial charge is 0.490 e. The molecule has 2 aliphatic heterocycles. The third kappa shape index (κ3) is 5.65. The van der Waals surface area contributed by atoms with Gasteiger partial charge in [0.2, 0.25) is 0 Å². The van der Waals surface area contributed by atoms with E-state index in [1.807, 2.05) is 42.5 Å². The number of ether oxygens (including phenoxy) is 4. The monoisotopic (exact) mass is 584 g/mol. The van der Waals surface area contributed by atoms with Crippen LogP contribution in [0.1, 0.15) is 35.0 Å². The first-order chi connectivity index (χ1) is 21.0. The van der Waals surface area contributed by atoms with Gasteiger partial charge >= 0.3 is 12.0 Å². The van der Waals surface area contributed by atoms with Crippen LogP contribution in [0.3, 0.4) is 0 Å². The summed E-state index contributed by atoms with van der Waals surface area (Å²) in [6, 6.07) is 16.0. The first kappa shape index (κ1) is 27.0. The first-order valence-corrected chi connectivity index (χ1v) is 13.9. The number of hydrogen-bond donors (Lipinski definition) is 3. The van der Waals surface area contributed by atoms with E-state index in [-0.39, 0.29) is 35.8 Å². The van der Waals surface area contributed by atoms with Crippen molar-refractivity contribution in [3.63, 3.8) is 0 Å². The van der Waals surface area contributed by atoms with E-state index in [4.69, 9.17) is 18.9 Å². The maximum absolute atomic E-state index is 12.4. The third-order valence-corrected chi connectivity index (χ3v) is 7.41. The Morgan fingerprint density at radius 2 is 1.79 bits per heavy atom. The van der Waals surface area contributed by atoms with E-state index < -0.39 is 36.8 Å². The fourth-order valence-electron chi connectivity index (χ4n) is 5.19. The number of hydrogen-bond acceptors (Lipinski definition) is 9. The zero-order valence-corrected chi connectivity index (χ0v) is 22.8.